The van der Waals surface area contributed by atoms with Crippen LogP contribution in [0.2, 0.25) is 0 Å². The highest BCUT2D eigenvalue weighted by molar-refractivity contribution is 6.15. The molecule has 0 saturated heterocycles. The van der Waals surface area contributed by atoms with E-state index in [2.05, 4.69) is 15.1 Å². The number of phenolic OH excluding ortho intramolecular Hbond substituents is 1. The van der Waals surface area contributed by atoms with Crippen LogP contribution < -0.4 is 11.0 Å². The summed E-state index contributed by atoms with van der Waals surface area (Å²) in [5.74, 6) is -0.436. The molecule has 4 aromatic heterocycles. The van der Waals surface area contributed by atoms with Crippen molar-refractivity contribution in [3.63, 3.8) is 0 Å². The van der Waals surface area contributed by atoms with Crippen molar-refractivity contribution in [3.8, 4) is 16.9 Å². The Balaban J connectivity index is 1.77. The Kier molecular flexibility index (Phi) is 4.21. The summed E-state index contributed by atoms with van der Waals surface area (Å²) in [6.45, 7) is 0. The van der Waals surface area contributed by atoms with Crippen LogP contribution in [-0.4, -0.2) is 24.9 Å². The predicted molar refractivity (Wildman–Crippen MR) is 122 cm³/mol. The van der Waals surface area contributed by atoms with E-state index in [0.29, 0.717) is 33.1 Å². The number of nitrogens with zero attached hydrogens (tertiary/aromatic N) is 2. The lowest BCUT2D eigenvalue weighted by Crippen LogP contribution is -2.13. The number of furan rings is 1. The highest BCUT2D eigenvalue weighted by Crippen LogP contribution is 2.40. The molecule has 0 radical (unpaired) electrons. The van der Waals surface area contributed by atoms with E-state index in [1.54, 1.807) is 24.5 Å². The minimum Gasteiger partial charge on any atom is -0.502 e. The third kappa shape index (κ3) is 2.72. The Morgan fingerprint density at radius 3 is 2.62 bits per heavy atom. The van der Waals surface area contributed by atoms with Crippen LogP contribution in [0.5, 0.6) is 5.75 Å². The van der Waals surface area contributed by atoms with E-state index in [9.17, 15) is 14.7 Å². The normalized spacial score (nSPS) is 15.6. The van der Waals surface area contributed by atoms with Gasteiger partial charge in [-0.3, -0.25) is 24.4 Å². The molecule has 162 valence electrons. The van der Waals surface area contributed by atoms with Gasteiger partial charge >= 0.3 is 0 Å². The molecule has 0 spiro atoms. The number of pyridine rings is 2. The molecular weight excluding hydrogens is 408 g/mol. The molecule has 1 aromatic carbocycles. The third-order valence-corrected chi connectivity index (χ3v) is 6.58. The van der Waals surface area contributed by atoms with Crippen LogP contribution in [0.15, 0.2) is 50.7 Å². The van der Waals surface area contributed by atoms with Gasteiger partial charge in [-0.15, -0.1) is 0 Å². The van der Waals surface area contributed by atoms with E-state index in [0.717, 1.165) is 31.2 Å². The second-order valence-electron chi connectivity index (χ2n) is 8.52. The number of nitrogens with one attached hydrogen (secondary N) is 2. The summed E-state index contributed by atoms with van der Waals surface area (Å²) in [5, 5.41) is 14.5. The number of H-pyrrole nitrogens is 2. The number of aromatic amines is 2. The molecule has 32 heavy (non-hydrogen) atoms. The maximum absolute atomic E-state index is 13.2. The van der Waals surface area contributed by atoms with Crippen molar-refractivity contribution in [3.05, 3.63) is 57.2 Å². The summed E-state index contributed by atoms with van der Waals surface area (Å²) in [6, 6.07) is 6.83. The molecule has 8 heteroatoms. The highest BCUT2D eigenvalue weighted by atomic mass is 16.4. The van der Waals surface area contributed by atoms with E-state index >= 15 is 0 Å². The first kappa shape index (κ1) is 18.9. The molecule has 5 aromatic rings. The number of hydrogen-bond donors (Lipinski definition) is 3. The first-order valence-corrected chi connectivity index (χ1v) is 11.0. The van der Waals surface area contributed by atoms with Gasteiger partial charge in [0.05, 0.1) is 16.9 Å². The highest BCUT2D eigenvalue weighted by Gasteiger charge is 2.25. The van der Waals surface area contributed by atoms with E-state index in [-0.39, 0.29) is 17.2 Å². The number of aromatic nitrogens is 4. The van der Waals surface area contributed by atoms with Crippen molar-refractivity contribution in [1.29, 1.82) is 0 Å². The topological polar surface area (TPSA) is 117 Å². The summed E-state index contributed by atoms with van der Waals surface area (Å²) in [5.41, 5.74) is 2.43. The zero-order valence-corrected chi connectivity index (χ0v) is 17.4. The van der Waals surface area contributed by atoms with Gasteiger partial charge in [-0.05, 0) is 31.0 Å². The van der Waals surface area contributed by atoms with E-state index in [1.165, 1.54) is 18.9 Å². The fourth-order valence-corrected chi connectivity index (χ4v) is 5.04. The Hall–Kier alpha value is -3.81. The molecule has 8 nitrogen and oxygen atoms in total. The molecule has 1 saturated carbocycles. The summed E-state index contributed by atoms with van der Waals surface area (Å²) in [7, 11) is 0. The summed E-state index contributed by atoms with van der Waals surface area (Å²) in [6.07, 6.45) is 10.0. The van der Waals surface area contributed by atoms with Crippen molar-refractivity contribution in [2.45, 2.75) is 44.6 Å². The van der Waals surface area contributed by atoms with Gasteiger partial charge in [0.15, 0.2) is 11.2 Å². The van der Waals surface area contributed by atoms with Crippen LogP contribution >= 0.6 is 0 Å². The van der Waals surface area contributed by atoms with Crippen LogP contribution in [0, 0.1) is 0 Å². The van der Waals surface area contributed by atoms with Gasteiger partial charge in [0.1, 0.15) is 5.65 Å². The van der Waals surface area contributed by atoms with E-state index in [4.69, 9.17) is 4.42 Å². The lowest BCUT2D eigenvalue weighted by molar-refractivity contribution is 0.413. The van der Waals surface area contributed by atoms with Gasteiger partial charge in [-0.25, -0.2) is 0 Å². The molecular formula is C24H22N4O4. The molecule has 4 heterocycles. The Morgan fingerprint density at radius 1 is 1.06 bits per heavy atom. The molecule has 1 aliphatic carbocycles. The van der Waals surface area contributed by atoms with Crippen molar-refractivity contribution >= 4 is 33.1 Å². The zero-order chi connectivity index (χ0) is 21.8. The average Bonchev–Trinajstić information content (AvgIpc) is 3.20. The SMILES string of the molecule is O=c1ccc2c(oc3c(-c4cccnc4)c4c(=O)[nH]n(C5CCCCCC5)c4[nH]c32)c1O. The largest absolute Gasteiger partial charge is 0.502 e. The number of phenols is 1. The van der Waals surface area contributed by atoms with Crippen LogP contribution in [0.25, 0.3) is 44.2 Å². The molecule has 0 bridgehead atoms. The Labute approximate surface area is 181 Å². The second-order valence-corrected chi connectivity index (χ2v) is 8.52. The van der Waals surface area contributed by atoms with Gasteiger partial charge in [0.25, 0.3) is 5.56 Å². The average molecular weight is 430 g/mol. The number of hydrogen-bond acceptors (Lipinski definition) is 5. The molecule has 0 atom stereocenters. The zero-order valence-electron chi connectivity index (χ0n) is 17.4. The van der Waals surface area contributed by atoms with Crippen LogP contribution in [0.1, 0.15) is 44.6 Å². The van der Waals surface area contributed by atoms with Crippen molar-refractivity contribution in [1.82, 2.24) is 19.7 Å². The standard InChI is InChI=1S/C24H22N4O4/c29-16-10-9-15-19-22(32-21(15)20(16)30)17(13-6-5-11-25-12-13)18-23(26-19)28(27-24(18)31)14-7-3-1-2-4-8-14/h5-6,9-12,14,26,30H,1-4,7-8H2,(H,27,31). The van der Waals surface area contributed by atoms with Crippen LogP contribution in [0.3, 0.4) is 0 Å². The first-order chi connectivity index (χ1) is 15.6. The summed E-state index contributed by atoms with van der Waals surface area (Å²) >= 11 is 0. The minimum atomic E-state index is -0.509. The number of benzene rings is 1. The number of aromatic hydroxyl groups is 1. The maximum Gasteiger partial charge on any atom is 0.274 e. The molecule has 0 amide bonds. The fraction of sp³-hybridized carbons (Fsp3) is 0.292. The quantitative estimate of drug-likeness (QED) is 0.354. The maximum atomic E-state index is 13.2. The lowest BCUT2D eigenvalue weighted by atomic mass is 10.0. The first-order valence-electron chi connectivity index (χ1n) is 11.0. The predicted octanol–water partition coefficient (Wildman–Crippen LogP) is 4.58. The van der Waals surface area contributed by atoms with Crippen molar-refractivity contribution in [2.75, 3.05) is 0 Å². The minimum absolute atomic E-state index is 0.110. The second kappa shape index (κ2) is 7.12. The fourth-order valence-electron chi connectivity index (χ4n) is 5.04. The molecule has 1 fully saturated rings. The van der Waals surface area contributed by atoms with E-state index < -0.39 is 11.2 Å². The molecule has 1 aliphatic rings. The summed E-state index contributed by atoms with van der Waals surface area (Å²) in [4.78, 5) is 32.9. The van der Waals surface area contributed by atoms with Gasteiger partial charge in [-0.2, -0.15) is 0 Å². The molecule has 6 rings (SSSR count). The van der Waals surface area contributed by atoms with Crippen LogP contribution in [0.4, 0.5) is 0 Å². The van der Waals surface area contributed by atoms with Crippen molar-refractivity contribution in [2.24, 2.45) is 0 Å². The van der Waals surface area contributed by atoms with Gasteiger partial charge in [0.2, 0.25) is 11.2 Å². The molecule has 3 N–H and O–H groups in total. The summed E-state index contributed by atoms with van der Waals surface area (Å²) < 4.78 is 7.98. The Bertz CT molecular complexity index is 1580. The lowest BCUT2D eigenvalue weighted by Gasteiger charge is -2.17. The monoisotopic (exact) mass is 430 g/mol. The van der Waals surface area contributed by atoms with Gasteiger partial charge in [0, 0.05) is 28.9 Å². The van der Waals surface area contributed by atoms with E-state index in [1.807, 2.05) is 10.7 Å². The van der Waals surface area contributed by atoms with Gasteiger partial charge < -0.3 is 14.5 Å². The smallest absolute Gasteiger partial charge is 0.274 e. The third-order valence-electron chi connectivity index (χ3n) is 6.58. The van der Waals surface area contributed by atoms with Crippen LogP contribution in [-0.2, 0) is 0 Å². The molecule has 0 unspecified atom stereocenters. The Morgan fingerprint density at radius 2 is 1.88 bits per heavy atom. The number of rotatable bonds is 2. The molecule has 0 aliphatic heterocycles. The number of fused-ring (bicyclic) bond motifs is 4. The van der Waals surface area contributed by atoms with Crippen molar-refractivity contribution < 1.29 is 9.52 Å². The van der Waals surface area contributed by atoms with Gasteiger partial charge in [-0.1, -0.05) is 31.7 Å².